The van der Waals surface area contributed by atoms with Crippen molar-refractivity contribution in [2.45, 2.75) is 31.9 Å². The maximum atomic E-state index is 11.8. The lowest BCUT2D eigenvalue weighted by Crippen LogP contribution is -2.17. The summed E-state index contributed by atoms with van der Waals surface area (Å²) in [7, 11) is -3.15. The van der Waals surface area contributed by atoms with Crippen LogP contribution in [0.4, 0.5) is 0 Å². The first kappa shape index (κ1) is 12.2. The molecule has 0 bridgehead atoms. The molecular weight excluding hydrogens is 212 g/mol. The molecule has 4 heteroatoms. The zero-order valence-electron chi connectivity index (χ0n) is 9.01. The Morgan fingerprint density at radius 3 is 2.60 bits per heavy atom. The Kier molecular flexibility index (Phi) is 3.85. The smallest absolute Gasteiger partial charge is 0.180 e. The van der Waals surface area contributed by atoms with E-state index >= 15 is 0 Å². The van der Waals surface area contributed by atoms with E-state index < -0.39 is 15.1 Å². The number of rotatable bonds is 4. The van der Waals surface area contributed by atoms with Crippen molar-refractivity contribution in [3.05, 3.63) is 23.1 Å². The molecule has 84 valence electrons. The van der Waals surface area contributed by atoms with Gasteiger partial charge in [0.25, 0.3) is 0 Å². The van der Waals surface area contributed by atoms with Crippen LogP contribution >= 0.6 is 0 Å². The normalized spacial score (nSPS) is 21.5. The van der Waals surface area contributed by atoms with E-state index in [2.05, 4.69) is 0 Å². The van der Waals surface area contributed by atoms with Crippen LogP contribution in [-0.4, -0.2) is 20.0 Å². The number of hydrogen-bond acceptors (Lipinski definition) is 3. The molecule has 1 aliphatic rings. The van der Waals surface area contributed by atoms with Crippen molar-refractivity contribution in [3.8, 4) is 0 Å². The van der Waals surface area contributed by atoms with E-state index in [0.717, 1.165) is 6.29 Å². The largest absolute Gasteiger partial charge is 0.303 e. The molecule has 0 radical (unpaired) electrons. The molecule has 0 saturated carbocycles. The van der Waals surface area contributed by atoms with E-state index in [4.69, 9.17) is 0 Å². The lowest BCUT2D eigenvalue weighted by molar-refractivity contribution is -0.108. The highest BCUT2D eigenvalue weighted by Crippen LogP contribution is 2.24. The Bertz CT molecular complexity index is 388. The van der Waals surface area contributed by atoms with Crippen molar-refractivity contribution >= 4 is 16.1 Å². The number of aldehydes is 1. The zero-order chi connectivity index (χ0) is 11.5. The maximum absolute atomic E-state index is 11.8. The average molecular weight is 228 g/mol. The third-order valence-electron chi connectivity index (χ3n) is 2.50. The summed E-state index contributed by atoms with van der Waals surface area (Å²) in [6.45, 7) is 3.34. The van der Waals surface area contributed by atoms with Gasteiger partial charge in [0.2, 0.25) is 0 Å². The standard InChI is InChI=1S/C11H16O3S/c1-9(2)15(13,14)11-5-3-10(4-6-11)7-8-12/h3,5-6,8-10H,4,7H2,1-2H3. The monoisotopic (exact) mass is 228 g/mol. The average Bonchev–Trinajstić information content (AvgIpc) is 2.19. The molecule has 0 aromatic heterocycles. The van der Waals surface area contributed by atoms with Gasteiger partial charge in [-0.05, 0) is 32.3 Å². The van der Waals surface area contributed by atoms with Crippen molar-refractivity contribution in [1.82, 2.24) is 0 Å². The van der Waals surface area contributed by atoms with Gasteiger partial charge in [0.1, 0.15) is 6.29 Å². The van der Waals surface area contributed by atoms with Crippen LogP contribution in [-0.2, 0) is 14.6 Å². The third kappa shape index (κ3) is 2.78. The first-order chi connectivity index (χ1) is 6.98. The van der Waals surface area contributed by atoms with Crippen molar-refractivity contribution in [2.24, 2.45) is 5.92 Å². The molecule has 0 aliphatic heterocycles. The van der Waals surface area contributed by atoms with Crippen LogP contribution in [0, 0.1) is 5.92 Å². The number of hydrogen-bond donors (Lipinski definition) is 0. The minimum Gasteiger partial charge on any atom is -0.303 e. The van der Waals surface area contributed by atoms with Crippen LogP contribution in [0.2, 0.25) is 0 Å². The molecular formula is C11H16O3S. The van der Waals surface area contributed by atoms with Crippen LogP contribution in [0.5, 0.6) is 0 Å². The van der Waals surface area contributed by atoms with Crippen LogP contribution in [0.1, 0.15) is 26.7 Å². The fourth-order valence-electron chi connectivity index (χ4n) is 1.43. The maximum Gasteiger partial charge on any atom is 0.180 e. The van der Waals surface area contributed by atoms with Gasteiger partial charge in [-0.1, -0.05) is 12.2 Å². The fraction of sp³-hybridized carbons (Fsp3) is 0.545. The van der Waals surface area contributed by atoms with Crippen molar-refractivity contribution in [2.75, 3.05) is 0 Å². The third-order valence-corrected chi connectivity index (χ3v) is 4.70. The van der Waals surface area contributed by atoms with Crippen LogP contribution in [0.3, 0.4) is 0 Å². The van der Waals surface area contributed by atoms with E-state index in [0.29, 0.717) is 17.7 Å². The second-order valence-electron chi connectivity index (χ2n) is 3.96. The second-order valence-corrected chi connectivity index (χ2v) is 6.46. The lowest BCUT2D eigenvalue weighted by Gasteiger charge is -2.15. The molecule has 0 saturated heterocycles. The predicted octanol–water partition coefficient (Wildman–Crippen LogP) is 1.86. The summed E-state index contributed by atoms with van der Waals surface area (Å²) in [5.74, 6) is 0.161. The van der Waals surface area contributed by atoms with Gasteiger partial charge in [-0.15, -0.1) is 0 Å². The van der Waals surface area contributed by atoms with Gasteiger partial charge >= 0.3 is 0 Å². The molecule has 1 unspecified atom stereocenters. The highest BCUT2D eigenvalue weighted by atomic mass is 32.2. The number of carbonyl (C=O) groups is 1. The van der Waals surface area contributed by atoms with Crippen LogP contribution in [0.25, 0.3) is 0 Å². The van der Waals surface area contributed by atoms with E-state index in [-0.39, 0.29) is 5.92 Å². The highest BCUT2D eigenvalue weighted by molar-refractivity contribution is 7.96. The summed E-state index contributed by atoms with van der Waals surface area (Å²) in [6.07, 6.45) is 7.10. The van der Waals surface area contributed by atoms with Gasteiger partial charge in [0, 0.05) is 6.42 Å². The van der Waals surface area contributed by atoms with E-state index in [1.807, 2.05) is 6.08 Å². The minimum absolute atomic E-state index is 0.161. The predicted molar refractivity (Wildman–Crippen MR) is 60.1 cm³/mol. The highest BCUT2D eigenvalue weighted by Gasteiger charge is 2.22. The summed E-state index contributed by atoms with van der Waals surface area (Å²) >= 11 is 0. The molecule has 0 N–H and O–H groups in total. The number of carbonyl (C=O) groups excluding carboxylic acids is 1. The molecule has 1 aliphatic carbocycles. The summed E-state index contributed by atoms with van der Waals surface area (Å²) < 4.78 is 23.5. The zero-order valence-corrected chi connectivity index (χ0v) is 9.83. The Labute approximate surface area is 90.8 Å². The summed E-state index contributed by atoms with van der Waals surface area (Å²) in [5, 5.41) is -0.393. The van der Waals surface area contributed by atoms with E-state index in [1.54, 1.807) is 26.0 Å². The van der Waals surface area contributed by atoms with Gasteiger partial charge in [0.15, 0.2) is 9.84 Å². The molecule has 0 aromatic rings. The Hall–Kier alpha value is -0.900. The van der Waals surface area contributed by atoms with Crippen LogP contribution < -0.4 is 0 Å². The van der Waals surface area contributed by atoms with Crippen molar-refractivity contribution < 1.29 is 13.2 Å². The number of sulfone groups is 1. The molecule has 1 rings (SSSR count). The minimum atomic E-state index is -3.15. The Morgan fingerprint density at radius 1 is 1.53 bits per heavy atom. The number of allylic oxidation sites excluding steroid dienone is 3. The molecule has 3 nitrogen and oxygen atoms in total. The molecule has 1 atom stereocenters. The van der Waals surface area contributed by atoms with E-state index in [1.165, 1.54) is 0 Å². The SMILES string of the molecule is CC(C)S(=O)(=O)C1=CCC(CC=O)C=C1. The molecule has 15 heavy (non-hydrogen) atoms. The Balaban J connectivity index is 2.79. The van der Waals surface area contributed by atoms with E-state index in [9.17, 15) is 13.2 Å². The summed E-state index contributed by atoms with van der Waals surface area (Å²) in [5.41, 5.74) is 0. The molecule has 0 fully saturated rings. The van der Waals surface area contributed by atoms with Crippen LogP contribution in [0.15, 0.2) is 23.1 Å². The first-order valence-electron chi connectivity index (χ1n) is 5.04. The lowest BCUT2D eigenvalue weighted by atomic mass is 9.98. The van der Waals surface area contributed by atoms with Gasteiger partial charge in [-0.2, -0.15) is 0 Å². The Morgan fingerprint density at radius 2 is 2.20 bits per heavy atom. The summed E-state index contributed by atoms with van der Waals surface area (Å²) in [6, 6.07) is 0. The van der Waals surface area contributed by atoms with Gasteiger partial charge in [-0.3, -0.25) is 0 Å². The molecule has 0 heterocycles. The van der Waals surface area contributed by atoms with Gasteiger partial charge in [-0.25, -0.2) is 8.42 Å². The van der Waals surface area contributed by atoms with Crippen molar-refractivity contribution in [3.63, 3.8) is 0 Å². The molecule has 0 aromatic carbocycles. The molecule has 0 spiro atoms. The van der Waals surface area contributed by atoms with Crippen molar-refractivity contribution in [1.29, 1.82) is 0 Å². The quantitative estimate of drug-likeness (QED) is 0.690. The first-order valence-corrected chi connectivity index (χ1v) is 6.59. The molecule has 0 amide bonds. The van der Waals surface area contributed by atoms with Gasteiger partial charge < -0.3 is 4.79 Å². The second kappa shape index (κ2) is 4.75. The summed E-state index contributed by atoms with van der Waals surface area (Å²) in [4.78, 5) is 10.7. The van der Waals surface area contributed by atoms with Gasteiger partial charge in [0.05, 0.1) is 10.2 Å². The fourth-order valence-corrected chi connectivity index (χ4v) is 2.57. The topological polar surface area (TPSA) is 51.2 Å².